The van der Waals surface area contributed by atoms with E-state index in [9.17, 15) is 0 Å². The molecule has 0 fully saturated rings. The smallest absolute Gasteiger partial charge is 0.0252 e. The van der Waals surface area contributed by atoms with Crippen molar-refractivity contribution >= 4 is 0 Å². The van der Waals surface area contributed by atoms with Crippen molar-refractivity contribution in [1.29, 1.82) is 0 Å². The van der Waals surface area contributed by atoms with Gasteiger partial charge >= 0.3 is 0 Å². The summed E-state index contributed by atoms with van der Waals surface area (Å²) in [4.78, 5) is 0. The molecule has 1 aliphatic rings. The van der Waals surface area contributed by atoms with Gasteiger partial charge < -0.3 is 5.73 Å². The molecule has 1 nitrogen and oxygen atoms in total. The zero-order chi connectivity index (χ0) is 8.27. The molecule has 0 saturated heterocycles. The Morgan fingerprint density at radius 3 is 2.82 bits per heavy atom. The second-order valence-corrected chi connectivity index (χ2v) is 3.97. The van der Waals surface area contributed by atoms with Gasteiger partial charge in [-0.25, -0.2) is 0 Å². The molecular formula is C10H19N. The van der Waals surface area contributed by atoms with E-state index in [4.69, 9.17) is 5.73 Å². The van der Waals surface area contributed by atoms with Crippen LogP contribution in [-0.4, -0.2) is 6.04 Å². The Bertz CT molecular complexity index is 138. The molecule has 1 heteroatoms. The molecule has 0 radical (unpaired) electrons. The SMILES string of the molecule is CC(C)C[C@@H]1CCC=C[C@@H]1N. The van der Waals surface area contributed by atoms with E-state index in [2.05, 4.69) is 26.0 Å². The van der Waals surface area contributed by atoms with Crippen molar-refractivity contribution in [2.24, 2.45) is 17.6 Å². The quantitative estimate of drug-likeness (QED) is 0.605. The summed E-state index contributed by atoms with van der Waals surface area (Å²) < 4.78 is 0. The highest BCUT2D eigenvalue weighted by atomic mass is 14.6. The van der Waals surface area contributed by atoms with Crippen molar-refractivity contribution in [2.45, 2.75) is 39.2 Å². The molecular weight excluding hydrogens is 134 g/mol. The Morgan fingerprint density at radius 1 is 1.55 bits per heavy atom. The summed E-state index contributed by atoms with van der Waals surface area (Å²) in [6, 6.07) is 0.325. The lowest BCUT2D eigenvalue weighted by molar-refractivity contribution is 0.349. The van der Waals surface area contributed by atoms with Crippen LogP contribution in [0.25, 0.3) is 0 Å². The van der Waals surface area contributed by atoms with Crippen LogP contribution >= 0.6 is 0 Å². The van der Waals surface area contributed by atoms with Crippen molar-refractivity contribution < 1.29 is 0 Å². The molecule has 0 heterocycles. The molecule has 0 aromatic heterocycles. The van der Waals surface area contributed by atoms with Gasteiger partial charge in [0.15, 0.2) is 0 Å². The third kappa shape index (κ3) is 2.66. The van der Waals surface area contributed by atoms with Crippen LogP contribution in [0.1, 0.15) is 33.1 Å². The van der Waals surface area contributed by atoms with Gasteiger partial charge in [-0.3, -0.25) is 0 Å². The first-order valence-corrected chi connectivity index (χ1v) is 4.62. The molecule has 11 heavy (non-hydrogen) atoms. The van der Waals surface area contributed by atoms with Gasteiger partial charge in [0.1, 0.15) is 0 Å². The van der Waals surface area contributed by atoms with E-state index in [1.54, 1.807) is 0 Å². The standard InChI is InChI=1S/C10H19N/c1-8(2)7-9-5-3-4-6-10(9)11/h4,6,8-10H,3,5,7,11H2,1-2H3/t9-,10-/m0/s1. The highest BCUT2D eigenvalue weighted by molar-refractivity contribution is 4.99. The van der Waals surface area contributed by atoms with Gasteiger partial charge in [-0.2, -0.15) is 0 Å². The van der Waals surface area contributed by atoms with Gasteiger partial charge in [0, 0.05) is 6.04 Å². The monoisotopic (exact) mass is 153 g/mol. The fraction of sp³-hybridized carbons (Fsp3) is 0.800. The second-order valence-electron chi connectivity index (χ2n) is 3.97. The minimum absolute atomic E-state index is 0.325. The largest absolute Gasteiger partial charge is 0.324 e. The normalized spacial score (nSPS) is 31.3. The summed E-state index contributed by atoms with van der Waals surface area (Å²) in [5.74, 6) is 1.53. The summed E-state index contributed by atoms with van der Waals surface area (Å²) in [6.07, 6.45) is 8.17. The molecule has 2 atom stereocenters. The Balaban J connectivity index is 2.38. The van der Waals surface area contributed by atoms with Gasteiger partial charge in [-0.1, -0.05) is 26.0 Å². The van der Waals surface area contributed by atoms with E-state index >= 15 is 0 Å². The zero-order valence-electron chi connectivity index (χ0n) is 7.59. The van der Waals surface area contributed by atoms with Crippen LogP contribution in [0.4, 0.5) is 0 Å². The number of allylic oxidation sites excluding steroid dienone is 1. The maximum absolute atomic E-state index is 5.94. The maximum Gasteiger partial charge on any atom is 0.0252 e. The first-order chi connectivity index (χ1) is 5.20. The lowest BCUT2D eigenvalue weighted by Crippen LogP contribution is -2.30. The first kappa shape index (κ1) is 8.79. The highest BCUT2D eigenvalue weighted by Gasteiger charge is 2.18. The molecule has 0 saturated carbocycles. The lowest BCUT2D eigenvalue weighted by Gasteiger charge is -2.25. The summed E-state index contributed by atoms with van der Waals surface area (Å²) in [7, 11) is 0. The minimum atomic E-state index is 0.325. The fourth-order valence-corrected chi connectivity index (χ4v) is 1.79. The topological polar surface area (TPSA) is 26.0 Å². The molecule has 1 rings (SSSR count). The van der Waals surface area contributed by atoms with Crippen LogP contribution in [0.5, 0.6) is 0 Å². The highest BCUT2D eigenvalue weighted by Crippen LogP contribution is 2.23. The molecule has 1 aliphatic carbocycles. The first-order valence-electron chi connectivity index (χ1n) is 4.62. The van der Waals surface area contributed by atoms with Crippen molar-refractivity contribution in [2.75, 3.05) is 0 Å². The fourth-order valence-electron chi connectivity index (χ4n) is 1.79. The average molecular weight is 153 g/mol. The number of hydrogen-bond acceptors (Lipinski definition) is 1. The molecule has 0 spiro atoms. The molecule has 0 aromatic rings. The average Bonchev–Trinajstić information content (AvgIpc) is 1.93. The van der Waals surface area contributed by atoms with Crippen LogP contribution in [0, 0.1) is 11.8 Å². The minimum Gasteiger partial charge on any atom is -0.324 e. The third-order valence-corrected chi connectivity index (χ3v) is 2.38. The van der Waals surface area contributed by atoms with E-state index in [-0.39, 0.29) is 0 Å². The summed E-state index contributed by atoms with van der Waals surface area (Å²) in [5.41, 5.74) is 5.94. The van der Waals surface area contributed by atoms with Gasteiger partial charge in [0.05, 0.1) is 0 Å². The van der Waals surface area contributed by atoms with E-state index in [1.807, 2.05) is 0 Å². The summed E-state index contributed by atoms with van der Waals surface area (Å²) in [5, 5.41) is 0. The lowest BCUT2D eigenvalue weighted by atomic mass is 9.84. The van der Waals surface area contributed by atoms with Crippen molar-refractivity contribution in [3.8, 4) is 0 Å². The molecule has 2 N–H and O–H groups in total. The van der Waals surface area contributed by atoms with Gasteiger partial charge in [-0.05, 0) is 31.1 Å². The van der Waals surface area contributed by atoms with Crippen LogP contribution in [0.3, 0.4) is 0 Å². The summed E-state index contributed by atoms with van der Waals surface area (Å²) >= 11 is 0. The number of rotatable bonds is 2. The Morgan fingerprint density at radius 2 is 2.27 bits per heavy atom. The maximum atomic E-state index is 5.94. The van der Waals surface area contributed by atoms with E-state index in [0.29, 0.717) is 6.04 Å². The Labute approximate surface area is 69.7 Å². The molecule has 0 bridgehead atoms. The predicted octanol–water partition coefficient (Wildman–Crippen LogP) is 2.33. The van der Waals surface area contributed by atoms with Gasteiger partial charge in [0.2, 0.25) is 0 Å². The van der Waals surface area contributed by atoms with Crippen LogP contribution in [0.15, 0.2) is 12.2 Å². The van der Waals surface area contributed by atoms with Gasteiger partial charge in [-0.15, -0.1) is 0 Å². The van der Waals surface area contributed by atoms with Crippen molar-refractivity contribution in [1.82, 2.24) is 0 Å². The van der Waals surface area contributed by atoms with Crippen molar-refractivity contribution in [3.05, 3.63) is 12.2 Å². The summed E-state index contributed by atoms with van der Waals surface area (Å²) in [6.45, 7) is 4.54. The number of hydrogen-bond donors (Lipinski definition) is 1. The molecule has 0 unspecified atom stereocenters. The molecule has 0 aliphatic heterocycles. The third-order valence-electron chi connectivity index (χ3n) is 2.38. The second kappa shape index (κ2) is 3.91. The Hall–Kier alpha value is -0.300. The van der Waals surface area contributed by atoms with E-state index in [1.165, 1.54) is 19.3 Å². The van der Waals surface area contributed by atoms with Crippen molar-refractivity contribution in [3.63, 3.8) is 0 Å². The van der Waals surface area contributed by atoms with E-state index in [0.717, 1.165) is 11.8 Å². The predicted molar refractivity (Wildman–Crippen MR) is 49.3 cm³/mol. The molecule has 64 valence electrons. The zero-order valence-corrected chi connectivity index (χ0v) is 7.59. The molecule has 0 aromatic carbocycles. The van der Waals surface area contributed by atoms with E-state index < -0.39 is 0 Å². The van der Waals surface area contributed by atoms with Crippen LogP contribution in [-0.2, 0) is 0 Å². The van der Waals surface area contributed by atoms with Crippen LogP contribution in [0.2, 0.25) is 0 Å². The molecule has 0 amide bonds. The number of nitrogens with two attached hydrogens (primary N) is 1. The van der Waals surface area contributed by atoms with Crippen LogP contribution < -0.4 is 5.73 Å². The van der Waals surface area contributed by atoms with Gasteiger partial charge in [0.25, 0.3) is 0 Å². The Kier molecular flexibility index (Phi) is 3.13.